The number of amides is 1. The van der Waals surface area contributed by atoms with Gasteiger partial charge in [0.05, 0.1) is 0 Å². The number of rotatable bonds is 6. The molecule has 0 bridgehead atoms. The van der Waals surface area contributed by atoms with Crippen molar-refractivity contribution in [1.82, 2.24) is 10.6 Å². The molecule has 0 atom stereocenters. The second kappa shape index (κ2) is 5.41. The third kappa shape index (κ3) is 3.12. The summed E-state index contributed by atoms with van der Waals surface area (Å²) in [6, 6.07) is 2.82. The first-order valence-electron chi connectivity index (χ1n) is 6.92. The Morgan fingerprint density at radius 2 is 2.28 bits per heavy atom. The number of aryl methyl sites for hydroxylation is 2. The molecule has 18 heavy (non-hydrogen) atoms. The Balaban J connectivity index is 1.34. The average molecular weight is 264 g/mol. The quantitative estimate of drug-likeness (QED) is 0.772. The molecule has 1 saturated carbocycles. The fourth-order valence-corrected chi connectivity index (χ4v) is 3.65. The fourth-order valence-electron chi connectivity index (χ4n) is 2.42. The third-order valence-corrected chi connectivity index (χ3v) is 4.81. The predicted octanol–water partition coefficient (Wildman–Crippen LogP) is 2.00. The largest absolute Gasteiger partial charge is 0.353 e. The maximum absolute atomic E-state index is 11.5. The van der Waals surface area contributed by atoms with Crippen LogP contribution in [0.1, 0.15) is 41.0 Å². The molecule has 1 aromatic rings. The van der Waals surface area contributed by atoms with Crippen molar-refractivity contribution >= 4 is 17.2 Å². The molecule has 1 fully saturated rings. The summed E-state index contributed by atoms with van der Waals surface area (Å²) < 4.78 is 0. The van der Waals surface area contributed by atoms with Gasteiger partial charge in [-0.25, -0.2) is 0 Å². The van der Waals surface area contributed by atoms with Crippen LogP contribution < -0.4 is 10.6 Å². The maximum Gasteiger partial charge on any atom is 0.221 e. The Labute approximate surface area is 112 Å². The summed E-state index contributed by atoms with van der Waals surface area (Å²) >= 11 is 1.94. The van der Waals surface area contributed by atoms with E-state index in [-0.39, 0.29) is 5.91 Å². The van der Waals surface area contributed by atoms with Crippen molar-refractivity contribution in [3.8, 4) is 0 Å². The van der Waals surface area contributed by atoms with Crippen LogP contribution in [0.3, 0.4) is 0 Å². The van der Waals surface area contributed by atoms with Crippen molar-refractivity contribution in [2.24, 2.45) is 0 Å². The van der Waals surface area contributed by atoms with Crippen molar-refractivity contribution in [3.05, 3.63) is 21.4 Å². The zero-order chi connectivity index (χ0) is 12.4. The molecule has 1 heterocycles. The zero-order valence-corrected chi connectivity index (χ0v) is 11.4. The average Bonchev–Trinajstić information content (AvgIpc) is 2.89. The van der Waals surface area contributed by atoms with Gasteiger partial charge < -0.3 is 10.6 Å². The standard InChI is InChI=1S/C14H20N2OS/c17-14(16-11-4-5-11)6-7-15-9-12-8-10-2-1-3-13(10)18-12/h8,11,15H,1-7,9H2,(H,16,17). The van der Waals surface area contributed by atoms with E-state index in [4.69, 9.17) is 0 Å². The van der Waals surface area contributed by atoms with E-state index in [0.29, 0.717) is 12.5 Å². The number of carbonyl (C=O) groups excluding carboxylic acids is 1. The molecule has 3 rings (SSSR count). The Kier molecular flexibility index (Phi) is 3.66. The molecule has 0 aromatic carbocycles. The summed E-state index contributed by atoms with van der Waals surface area (Å²) in [5.41, 5.74) is 1.56. The second-order valence-corrected chi connectivity index (χ2v) is 6.50. The minimum atomic E-state index is 0.193. The molecule has 0 unspecified atom stereocenters. The van der Waals surface area contributed by atoms with Gasteiger partial charge in [-0.1, -0.05) is 0 Å². The summed E-state index contributed by atoms with van der Waals surface area (Å²) in [7, 11) is 0. The van der Waals surface area contributed by atoms with E-state index in [1.165, 1.54) is 37.0 Å². The number of hydrogen-bond donors (Lipinski definition) is 2. The predicted molar refractivity (Wildman–Crippen MR) is 73.8 cm³/mol. The van der Waals surface area contributed by atoms with Crippen LogP contribution in [0, 0.1) is 0 Å². The van der Waals surface area contributed by atoms with Gasteiger partial charge in [-0.3, -0.25) is 4.79 Å². The highest BCUT2D eigenvalue weighted by atomic mass is 32.1. The lowest BCUT2D eigenvalue weighted by atomic mass is 10.2. The van der Waals surface area contributed by atoms with Crippen LogP contribution in [0.15, 0.2) is 6.07 Å². The highest BCUT2D eigenvalue weighted by Gasteiger charge is 2.22. The molecule has 2 aliphatic carbocycles. The lowest BCUT2D eigenvalue weighted by Gasteiger charge is -2.04. The van der Waals surface area contributed by atoms with Crippen molar-refractivity contribution in [2.75, 3.05) is 6.54 Å². The molecular formula is C14H20N2OS. The van der Waals surface area contributed by atoms with Crippen LogP contribution in [-0.2, 0) is 24.2 Å². The van der Waals surface area contributed by atoms with Crippen LogP contribution in [0.4, 0.5) is 0 Å². The first-order chi connectivity index (χ1) is 8.81. The Morgan fingerprint density at radius 3 is 3.06 bits per heavy atom. The molecule has 0 spiro atoms. The van der Waals surface area contributed by atoms with Gasteiger partial charge in [0.2, 0.25) is 5.91 Å². The molecule has 1 amide bonds. The Morgan fingerprint density at radius 1 is 1.39 bits per heavy atom. The van der Waals surface area contributed by atoms with Gasteiger partial charge in [0, 0.05) is 35.3 Å². The molecule has 2 aliphatic rings. The maximum atomic E-state index is 11.5. The number of nitrogens with one attached hydrogen (secondary N) is 2. The lowest BCUT2D eigenvalue weighted by Crippen LogP contribution is -2.28. The van der Waals surface area contributed by atoms with Crippen LogP contribution in [0.25, 0.3) is 0 Å². The monoisotopic (exact) mass is 264 g/mol. The SMILES string of the molecule is O=C(CCNCc1cc2c(s1)CCC2)NC1CC1. The zero-order valence-electron chi connectivity index (χ0n) is 10.6. The molecule has 0 aliphatic heterocycles. The molecule has 0 saturated heterocycles. The van der Waals surface area contributed by atoms with E-state index in [2.05, 4.69) is 16.7 Å². The van der Waals surface area contributed by atoms with E-state index in [1.807, 2.05) is 11.3 Å². The minimum Gasteiger partial charge on any atom is -0.353 e. The molecule has 4 heteroatoms. The number of carbonyl (C=O) groups is 1. The summed E-state index contributed by atoms with van der Waals surface area (Å²) in [6.45, 7) is 1.69. The normalized spacial score (nSPS) is 17.8. The summed E-state index contributed by atoms with van der Waals surface area (Å²) in [4.78, 5) is 14.5. The summed E-state index contributed by atoms with van der Waals surface area (Å²) in [6.07, 6.45) is 6.79. The van der Waals surface area contributed by atoms with Gasteiger partial charge in [0.15, 0.2) is 0 Å². The van der Waals surface area contributed by atoms with E-state index < -0.39 is 0 Å². The van der Waals surface area contributed by atoms with Gasteiger partial charge in [-0.2, -0.15) is 0 Å². The van der Waals surface area contributed by atoms with E-state index in [9.17, 15) is 4.79 Å². The molecule has 1 aromatic heterocycles. The number of thiophene rings is 1. The lowest BCUT2D eigenvalue weighted by molar-refractivity contribution is -0.121. The third-order valence-electron chi connectivity index (χ3n) is 3.57. The Bertz CT molecular complexity index is 416. The highest BCUT2D eigenvalue weighted by molar-refractivity contribution is 7.12. The van der Waals surface area contributed by atoms with Gasteiger partial charge in [0.1, 0.15) is 0 Å². The van der Waals surface area contributed by atoms with Crippen LogP contribution in [0.5, 0.6) is 0 Å². The number of hydrogen-bond acceptors (Lipinski definition) is 3. The fraction of sp³-hybridized carbons (Fsp3) is 0.643. The number of fused-ring (bicyclic) bond motifs is 1. The van der Waals surface area contributed by atoms with Crippen molar-refractivity contribution < 1.29 is 4.79 Å². The summed E-state index contributed by atoms with van der Waals surface area (Å²) in [5.74, 6) is 0.193. The van der Waals surface area contributed by atoms with Gasteiger partial charge in [0.25, 0.3) is 0 Å². The van der Waals surface area contributed by atoms with Crippen LogP contribution in [0.2, 0.25) is 0 Å². The minimum absolute atomic E-state index is 0.193. The molecule has 98 valence electrons. The van der Waals surface area contributed by atoms with E-state index in [0.717, 1.165) is 13.1 Å². The first-order valence-corrected chi connectivity index (χ1v) is 7.73. The van der Waals surface area contributed by atoms with Gasteiger partial charge in [-0.15, -0.1) is 11.3 Å². The van der Waals surface area contributed by atoms with Gasteiger partial charge >= 0.3 is 0 Å². The smallest absolute Gasteiger partial charge is 0.221 e. The van der Waals surface area contributed by atoms with Gasteiger partial charge in [-0.05, 0) is 43.7 Å². The first kappa shape index (κ1) is 12.2. The van der Waals surface area contributed by atoms with Crippen LogP contribution in [-0.4, -0.2) is 18.5 Å². The molecular weight excluding hydrogens is 244 g/mol. The Hall–Kier alpha value is -0.870. The molecule has 0 radical (unpaired) electrons. The van der Waals surface area contributed by atoms with Crippen molar-refractivity contribution in [2.45, 2.75) is 51.1 Å². The highest BCUT2D eigenvalue weighted by Crippen LogP contribution is 2.30. The topological polar surface area (TPSA) is 41.1 Å². The molecule has 3 nitrogen and oxygen atoms in total. The van der Waals surface area contributed by atoms with Crippen LogP contribution >= 0.6 is 11.3 Å². The van der Waals surface area contributed by atoms with E-state index in [1.54, 1.807) is 10.4 Å². The van der Waals surface area contributed by atoms with E-state index >= 15 is 0 Å². The van der Waals surface area contributed by atoms with Crippen molar-refractivity contribution in [3.63, 3.8) is 0 Å². The van der Waals surface area contributed by atoms with Crippen molar-refractivity contribution in [1.29, 1.82) is 0 Å². The molecule has 2 N–H and O–H groups in total. The summed E-state index contributed by atoms with van der Waals surface area (Å²) in [5, 5.41) is 6.37. The second-order valence-electron chi connectivity index (χ2n) is 5.28.